The first-order chi connectivity index (χ1) is 9.33. The molecule has 3 nitrogen and oxygen atoms in total. The van der Waals surface area contributed by atoms with Gasteiger partial charge in [0.1, 0.15) is 0 Å². The highest BCUT2D eigenvalue weighted by molar-refractivity contribution is 5.83. The van der Waals surface area contributed by atoms with E-state index in [0.29, 0.717) is 13.2 Å². The highest BCUT2D eigenvalue weighted by Crippen LogP contribution is 2.30. The lowest BCUT2D eigenvalue weighted by atomic mass is 9.79. The molecule has 1 heterocycles. The molecule has 1 atom stereocenters. The van der Waals surface area contributed by atoms with Crippen LogP contribution in [0.4, 0.5) is 0 Å². The maximum absolute atomic E-state index is 12.2. The molecule has 2 rings (SSSR count). The van der Waals surface area contributed by atoms with E-state index in [1.807, 2.05) is 13.0 Å². The Balaban J connectivity index is 1.94. The summed E-state index contributed by atoms with van der Waals surface area (Å²) in [5.41, 5.74) is 1.02. The number of amides is 1. The molecule has 1 saturated heterocycles. The molecule has 1 aliphatic rings. The molecule has 1 unspecified atom stereocenters. The topological polar surface area (TPSA) is 38.3 Å². The number of rotatable bonds is 5. The fraction of sp³-hybridized carbons (Fsp3) is 0.588. The standard InChI is InChI=1S/C17H25NO2/c1-13(18-15(19)17(4)11-20-12-17)10-16(2,3)14-8-6-5-7-9-14/h5-9,13H,10-12H2,1-4H3,(H,18,19). The Morgan fingerprint density at radius 2 is 1.95 bits per heavy atom. The molecule has 1 N–H and O–H groups in total. The highest BCUT2D eigenvalue weighted by atomic mass is 16.5. The molecule has 0 aromatic heterocycles. The van der Waals surface area contributed by atoms with Crippen molar-refractivity contribution in [1.29, 1.82) is 0 Å². The van der Waals surface area contributed by atoms with Gasteiger partial charge in [0, 0.05) is 6.04 Å². The van der Waals surface area contributed by atoms with Gasteiger partial charge < -0.3 is 10.1 Å². The van der Waals surface area contributed by atoms with Crippen molar-refractivity contribution >= 4 is 5.91 Å². The Labute approximate surface area is 121 Å². The summed E-state index contributed by atoms with van der Waals surface area (Å²) in [5, 5.41) is 3.13. The fourth-order valence-corrected chi connectivity index (χ4v) is 2.76. The van der Waals surface area contributed by atoms with E-state index in [9.17, 15) is 4.79 Å². The molecule has 110 valence electrons. The van der Waals surface area contributed by atoms with Crippen molar-refractivity contribution in [2.75, 3.05) is 13.2 Å². The number of carbonyl (C=O) groups is 1. The van der Waals surface area contributed by atoms with E-state index in [2.05, 4.69) is 50.4 Å². The molecule has 1 aromatic carbocycles. The van der Waals surface area contributed by atoms with Crippen molar-refractivity contribution in [3.63, 3.8) is 0 Å². The number of nitrogens with one attached hydrogen (secondary N) is 1. The van der Waals surface area contributed by atoms with Crippen LogP contribution in [-0.4, -0.2) is 25.2 Å². The van der Waals surface area contributed by atoms with Gasteiger partial charge >= 0.3 is 0 Å². The van der Waals surface area contributed by atoms with Crippen LogP contribution in [-0.2, 0) is 14.9 Å². The van der Waals surface area contributed by atoms with E-state index in [1.165, 1.54) is 5.56 Å². The van der Waals surface area contributed by atoms with Crippen molar-refractivity contribution in [2.24, 2.45) is 5.41 Å². The second kappa shape index (κ2) is 5.57. The first kappa shape index (κ1) is 15.0. The van der Waals surface area contributed by atoms with E-state index in [-0.39, 0.29) is 22.8 Å². The zero-order chi connectivity index (χ0) is 14.8. The van der Waals surface area contributed by atoms with Gasteiger partial charge in [-0.1, -0.05) is 44.2 Å². The Hall–Kier alpha value is -1.35. The van der Waals surface area contributed by atoms with E-state index < -0.39 is 0 Å². The molecule has 0 aliphatic carbocycles. The molecule has 1 aliphatic heterocycles. The third kappa shape index (κ3) is 3.21. The van der Waals surface area contributed by atoms with Gasteiger partial charge in [-0.25, -0.2) is 0 Å². The lowest BCUT2D eigenvalue weighted by Crippen LogP contribution is -2.54. The molecule has 0 radical (unpaired) electrons. The fourth-order valence-electron chi connectivity index (χ4n) is 2.76. The van der Waals surface area contributed by atoms with Crippen LogP contribution < -0.4 is 5.32 Å². The highest BCUT2D eigenvalue weighted by Gasteiger charge is 2.41. The summed E-state index contributed by atoms with van der Waals surface area (Å²) in [5.74, 6) is 0.111. The van der Waals surface area contributed by atoms with Crippen LogP contribution in [0.15, 0.2) is 30.3 Å². The molecule has 1 amide bonds. The smallest absolute Gasteiger partial charge is 0.230 e. The first-order valence-corrected chi connectivity index (χ1v) is 7.28. The summed E-state index contributed by atoms with van der Waals surface area (Å²) >= 11 is 0. The summed E-state index contributed by atoms with van der Waals surface area (Å²) in [7, 11) is 0. The van der Waals surface area contributed by atoms with Crippen LogP contribution >= 0.6 is 0 Å². The van der Waals surface area contributed by atoms with Crippen molar-refractivity contribution in [3.8, 4) is 0 Å². The van der Waals surface area contributed by atoms with Gasteiger partial charge in [-0.2, -0.15) is 0 Å². The Bertz CT molecular complexity index is 463. The number of ether oxygens (including phenoxy) is 1. The molecule has 1 fully saturated rings. The largest absolute Gasteiger partial charge is 0.379 e. The SMILES string of the molecule is CC(CC(C)(C)c1ccccc1)NC(=O)C1(C)COC1. The molecular formula is C17H25NO2. The average molecular weight is 275 g/mol. The number of hydrogen-bond acceptors (Lipinski definition) is 2. The van der Waals surface area contributed by atoms with Gasteiger partial charge in [0.2, 0.25) is 5.91 Å². The summed E-state index contributed by atoms with van der Waals surface area (Å²) < 4.78 is 5.15. The van der Waals surface area contributed by atoms with Crippen LogP contribution in [0.25, 0.3) is 0 Å². The second-order valence-electron chi connectivity index (χ2n) is 6.88. The molecule has 0 bridgehead atoms. The number of hydrogen-bond donors (Lipinski definition) is 1. The summed E-state index contributed by atoms with van der Waals surface area (Å²) in [4.78, 5) is 12.2. The van der Waals surface area contributed by atoms with Crippen LogP contribution in [0.3, 0.4) is 0 Å². The molecule has 0 saturated carbocycles. The molecule has 0 spiro atoms. The molecular weight excluding hydrogens is 250 g/mol. The van der Waals surface area contributed by atoms with Crippen LogP contribution in [0, 0.1) is 5.41 Å². The van der Waals surface area contributed by atoms with Crippen molar-refractivity contribution in [1.82, 2.24) is 5.32 Å². The zero-order valence-corrected chi connectivity index (χ0v) is 12.9. The average Bonchev–Trinajstić information content (AvgIpc) is 2.36. The minimum atomic E-state index is -0.328. The van der Waals surface area contributed by atoms with Crippen molar-refractivity contribution in [3.05, 3.63) is 35.9 Å². The number of carbonyl (C=O) groups excluding carboxylic acids is 1. The van der Waals surface area contributed by atoms with E-state index in [4.69, 9.17) is 4.74 Å². The maximum Gasteiger partial charge on any atom is 0.230 e. The predicted octanol–water partition coefficient (Wildman–Crippen LogP) is 2.90. The van der Waals surface area contributed by atoms with Crippen molar-refractivity contribution in [2.45, 2.75) is 45.6 Å². The lowest BCUT2D eigenvalue weighted by Gasteiger charge is -2.38. The lowest BCUT2D eigenvalue weighted by molar-refractivity contribution is -0.158. The second-order valence-corrected chi connectivity index (χ2v) is 6.88. The monoisotopic (exact) mass is 275 g/mol. The van der Waals surface area contributed by atoms with Gasteiger partial charge in [-0.3, -0.25) is 4.79 Å². The third-order valence-electron chi connectivity index (χ3n) is 4.14. The Morgan fingerprint density at radius 3 is 2.45 bits per heavy atom. The Morgan fingerprint density at radius 1 is 1.35 bits per heavy atom. The maximum atomic E-state index is 12.2. The van der Waals surface area contributed by atoms with Gasteiger partial charge in [0.15, 0.2) is 0 Å². The van der Waals surface area contributed by atoms with E-state index in [0.717, 1.165) is 6.42 Å². The van der Waals surface area contributed by atoms with Gasteiger partial charge in [-0.15, -0.1) is 0 Å². The number of benzene rings is 1. The minimum Gasteiger partial charge on any atom is -0.379 e. The van der Waals surface area contributed by atoms with Crippen LogP contribution in [0.5, 0.6) is 0 Å². The third-order valence-corrected chi connectivity index (χ3v) is 4.14. The van der Waals surface area contributed by atoms with E-state index >= 15 is 0 Å². The predicted molar refractivity (Wildman–Crippen MR) is 80.6 cm³/mol. The van der Waals surface area contributed by atoms with E-state index in [1.54, 1.807) is 0 Å². The van der Waals surface area contributed by atoms with Gasteiger partial charge in [0.25, 0.3) is 0 Å². The first-order valence-electron chi connectivity index (χ1n) is 7.28. The normalized spacial score (nSPS) is 19.0. The summed E-state index contributed by atoms with van der Waals surface area (Å²) in [6.45, 7) is 9.55. The Kier molecular flexibility index (Phi) is 4.19. The van der Waals surface area contributed by atoms with Crippen LogP contribution in [0.2, 0.25) is 0 Å². The van der Waals surface area contributed by atoms with Gasteiger partial charge in [0.05, 0.1) is 18.6 Å². The molecule has 1 aromatic rings. The zero-order valence-electron chi connectivity index (χ0n) is 12.9. The quantitative estimate of drug-likeness (QED) is 0.897. The van der Waals surface area contributed by atoms with Crippen LogP contribution in [0.1, 0.15) is 39.7 Å². The molecule has 3 heteroatoms. The summed E-state index contributed by atoms with van der Waals surface area (Å²) in [6.07, 6.45) is 0.916. The van der Waals surface area contributed by atoms with Gasteiger partial charge in [-0.05, 0) is 31.2 Å². The summed E-state index contributed by atoms with van der Waals surface area (Å²) in [6, 6.07) is 10.6. The minimum absolute atomic E-state index is 0.0466. The molecule has 20 heavy (non-hydrogen) atoms. The van der Waals surface area contributed by atoms with Crippen molar-refractivity contribution < 1.29 is 9.53 Å².